The highest BCUT2D eigenvalue weighted by atomic mass is 16.6. The first-order valence-corrected chi connectivity index (χ1v) is 10.1. The lowest BCUT2D eigenvalue weighted by Crippen LogP contribution is -2.28. The summed E-state index contributed by atoms with van der Waals surface area (Å²) in [7, 11) is 0. The number of imide groups is 1. The summed E-state index contributed by atoms with van der Waals surface area (Å²) >= 11 is 0. The Morgan fingerprint density at radius 3 is 2.32 bits per heavy atom. The minimum absolute atomic E-state index is 0.0182. The maximum Gasteiger partial charge on any atom is 0.269 e. The molecule has 1 saturated carbocycles. The van der Waals surface area contributed by atoms with Crippen molar-refractivity contribution in [2.24, 2.45) is 28.8 Å². The normalized spacial score (nSPS) is 26.1. The molecule has 1 heterocycles. The van der Waals surface area contributed by atoms with Gasteiger partial charge in [0.15, 0.2) is 0 Å². The standard InChI is InChI=1S/C23H19N3O5/c27-22-20-15-7-8-16(11-15)21(20)23(28)25(22)24-12-17-3-1-2-4-19(17)31-13-14-5-9-18(10-6-14)26(29)30/h1-10,12,15-16,20-21H,11,13H2/b24-12-/t15-,16+,20-,21-/m0/s1. The van der Waals surface area contributed by atoms with Crippen LogP contribution in [0.15, 0.2) is 65.8 Å². The Bertz CT molecular complexity index is 1090. The molecule has 1 saturated heterocycles. The van der Waals surface area contributed by atoms with Crippen molar-refractivity contribution < 1.29 is 19.2 Å². The van der Waals surface area contributed by atoms with Crippen LogP contribution in [-0.2, 0) is 16.2 Å². The fourth-order valence-corrected chi connectivity index (χ4v) is 4.71. The SMILES string of the molecule is O=C1[C@@H]2[C@@H](C(=O)N1/N=C\c1ccccc1OCc1ccc([N+](=O)[O-])cc1)[C@H]1C=C[C@@H]2C1. The fraction of sp³-hybridized carbons (Fsp3) is 0.261. The lowest BCUT2D eigenvalue weighted by molar-refractivity contribution is -0.384. The Balaban J connectivity index is 1.30. The van der Waals surface area contributed by atoms with E-state index in [1.165, 1.54) is 18.3 Å². The molecule has 2 aliphatic carbocycles. The van der Waals surface area contributed by atoms with E-state index in [0.29, 0.717) is 11.3 Å². The average Bonchev–Trinajstić information content (AvgIpc) is 3.46. The summed E-state index contributed by atoms with van der Waals surface area (Å²) < 4.78 is 5.85. The largest absolute Gasteiger partial charge is 0.488 e. The summed E-state index contributed by atoms with van der Waals surface area (Å²) in [6.45, 7) is 0.212. The molecule has 0 spiro atoms. The number of carbonyl (C=O) groups excluding carboxylic acids is 2. The van der Waals surface area contributed by atoms with Gasteiger partial charge in [-0.1, -0.05) is 24.3 Å². The van der Waals surface area contributed by atoms with Crippen molar-refractivity contribution in [2.75, 3.05) is 0 Å². The third-order valence-corrected chi connectivity index (χ3v) is 6.22. The predicted octanol–water partition coefficient (Wildman–Crippen LogP) is 3.31. The van der Waals surface area contributed by atoms with Gasteiger partial charge in [-0.3, -0.25) is 19.7 Å². The van der Waals surface area contributed by atoms with Crippen molar-refractivity contribution in [2.45, 2.75) is 13.0 Å². The fourth-order valence-electron chi connectivity index (χ4n) is 4.71. The number of fused-ring (bicyclic) bond motifs is 5. The highest BCUT2D eigenvalue weighted by Gasteiger charge is 2.59. The van der Waals surface area contributed by atoms with Crippen LogP contribution in [0.3, 0.4) is 0 Å². The van der Waals surface area contributed by atoms with Gasteiger partial charge < -0.3 is 4.74 Å². The number of nitro benzene ring substituents is 1. The molecule has 8 nitrogen and oxygen atoms in total. The molecule has 2 aromatic carbocycles. The number of hydrogen-bond donors (Lipinski definition) is 0. The molecule has 5 rings (SSSR count). The van der Waals surface area contributed by atoms with Gasteiger partial charge in [-0.05, 0) is 48.1 Å². The highest BCUT2D eigenvalue weighted by Crippen LogP contribution is 2.52. The van der Waals surface area contributed by atoms with Crippen molar-refractivity contribution in [3.8, 4) is 5.75 Å². The monoisotopic (exact) mass is 417 g/mol. The van der Waals surface area contributed by atoms with Crippen molar-refractivity contribution in [3.63, 3.8) is 0 Å². The second-order valence-corrected chi connectivity index (χ2v) is 7.98. The van der Waals surface area contributed by atoms with E-state index in [1.807, 2.05) is 24.3 Å². The first-order chi connectivity index (χ1) is 15.0. The van der Waals surface area contributed by atoms with E-state index >= 15 is 0 Å². The molecule has 0 N–H and O–H groups in total. The molecule has 0 unspecified atom stereocenters. The van der Waals surface area contributed by atoms with Crippen LogP contribution in [0, 0.1) is 33.8 Å². The first kappa shape index (κ1) is 19.2. The average molecular weight is 417 g/mol. The van der Waals surface area contributed by atoms with Gasteiger partial charge in [0, 0.05) is 17.7 Å². The summed E-state index contributed by atoms with van der Waals surface area (Å²) in [5.74, 6) is -0.208. The molecule has 2 bridgehead atoms. The van der Waals surface area contributed by atoms with E-state index < -0.39 is 4.92 Å². The lowest BCUT2D eigenvalue weighted by atomic mass is 9.85. The van der Waals surface area contributed by atoms with Crippen LogP contribution in [0.5, 0.6) is 5.75 Å². The number of nitro groups is 1. The Hall–Kier alpha value is -3.81. The topological polar surface area (TPSA) is 102 Å². The van der Waals surface area contributed by atoms with Crippen molar-refractivity contribution in [3.05, 3.63) is 81.9 Å². The zero-order chi connectivity index (χ0) is 21.5. The maximum atomic E-state index is 12.8. The van der Waals surface area contributed by atoms with Gasteiger partial charge in [0.25, 0.3) is 17.5 Å². The first-order valence-electron chi connectivity index (χ1n) is 10.1. The van der Waals surface area contributed by atoms with Crippen LogP contribution in [0.4, 0.5) is 5.69 Å². The van der Waals surface area contributed by atoms with E-state index in [4.69, 9.17) is 4.74 Å². The molecule has 0 aromatic heterocycles. The smallest absolute Gasteiger partial charge is 0.269 e. The van der Waals surface area contributed by atoms with Crippen LogP contribution >= 0.6 is 0 Å². The number of ether oxygens (including phenoxy) is 1. The molecule has 2 amide bonds. The van der Waals surface area contributed by atoms with Gasteiger partial charge >= 0.3 is 0 Å². The van der Waals surface area contributed by atoms with Gasteiger partial charge in [-0.2, -0.15) is 10.1 Å². The number of non-ortho nitro benzene ring substituents is 1. The van der Waals surface area contributed by atoms with Crippen molar-refractivity contribution in [1.29, 1.82) is 0 Å². The van der Waals surface area contributed by atoms with Crippen LogP contribution in [-0.4, -0.2) is 28.0 Å². The number of carbonyl (C=O) groups is 2. The number of allylic oxidation sites excluding steroid dienone is 2. The zero-order valence-electron chi connectivity index (χ0n) is 16.5. The quantitative estimate of drug-likeness (QED) is 0.236. The molecular weight excluding hydrogens is 398 g/mol. The van der Waals surface area contributed by atoms with E-state index in [0.717, 1.165) is 17.0 Å². The molecule has 2 aromatic rings. The number of amides is 2. The van der Waals surface area contributed by atoms with Crippen LogP contribution in [0.25, 0.3) is 0 Å². The Kier molecular flexibility index (Phi) is 4.62. The second-order valence-electron chi connectivity index (χ2n) is 7.98. The Morgan fingerprint density at radius 1 is 1.03 bits per heavy atom. The summed E-state index contributed by atoms with van der Waals surface area (Å²) in [6.07, 6.45) is 6.44. The molecule has 2 fully saturated rings. The number of hydrogen-bond acceptors (Lipinski definition) is 6. The van der Waals surface area contributed by atoms with Gasteiger partial charge in [-0.15, -0.1) is 0 Å². The van der Waals surface area contributed by atoms with Crippen LogP contribution < -0.4 is 4.74 Å². The molecule has 0 radical (unpaired) electrons. The van der Waals surface area contributed by atoms with Crippen LogP contribution in [0.2, 0.25) is 0 Å². The van der Waals surface area contributed by atoms with Crippen molar-refractivity contribution in [1.82, 2.24) is 5.01 Å². The summed E-state index contributed by atoms with van der Waals surface area (Å²) in [5.41, 5.74) is 1.42. The van der Waals surface area contributed by atoms with E-state index in [-0.39, 0.29) is 47.8 Å². The number of rotatable bonds is 6. The second kappa shape index (κ2) is 7.46. The van der Waals surface area contributed by atoms with Gasteiger partial charge in [0.1, 0.15) is 12.4 Å². The number of benzene rings is 2. The number of para-hydroxylation sites is 1. The lowest BCUT2D eigenvalue weighted by Gasteiger charge is -2.13. The van der Waals surface area contributed by atoms with Crippen molar-refractivity contribution >= 4 is 23.7 Å². The highest BCUT2D eigenvalue weighted by molar-refractivity contribution is 6.06. The maximum absolute atomic E-state index is 12.8. The molecule has 156 valence electrons. The molecule has 31 heavy (non-hydrogen) atoms. The number of nitrogens with zero attached hydrogens (tertiary/aromatic N) is 3. The third-order valence-electron chi connectivity index (χ3n) is 6.22. The minimum Gasteiger partial charge on any atom is -0.488 e. The molecule has 3 aliphatic rings. The summed E-state index contributed by atoms with van der Waals surface area (Å²) in [6, 6.07) is 13.3. The zero-order valence-corrected chi connectivity index (χ0v) is 16.5. The van der Waals surface area contributed by atoms with E-state index in [1.54, 1.807) is 24.3 Å². The molecule has 8 heteroatoms. The molecule has 1 aliphatic heterocycles. The molecule has 4 atom stereocenters. The van der Waals surface area contributed by atoms with E-state index in [9.17, 15) is 19.7 Å². The Labute approximate surface area is 178 Å². The third kappa shape index (κ3) is 3.30. The predicted molar refractivity (Wildman–Crippen MR) is 111 cm³/mol. The summed E-state index contributed by atoms with van der Waals surface area (Å²) in [4.78, 5) is 35.8. The number of hydrazone groups is 1. The van der Waals surface area contributed by atoms with Gasteiger partial charge in [0.2, 0.25) is 0 Å². The molecular formula is C23H19N3O5. The van der Waals surface area contributed by atoms with Gasteiger partial charge in [-0.25, -0.2) is 0 Å². The Morgan fingerprint density at radius 2 is 1.68 bits per heavy atom. The van der Waals surface area contributed by atoms with Gasteiger partial charge in [0.05, 0.1) is 23.0 Å². The summed E-state index contributed by atoms with van der Waals surface area (Å²) in [5, 5.41) is 16.0. The van der Waals surface area contributed by atoms with E-state index in [2.05, 4.69) is 5.10 Å². The van der Waals surface area contributed by atoms with Crippen LogP contribution in [0.1, 0.15) is 17.5 Å². The minimum atomic E-state index is -0.451.